The molecule has 3 rings (SSSR count). The molecule has 2 aromatic rings. The number of imidazole rings is 1. The maximum Gasteiger partial charge on any atom is 0.319 e. The monoisotopic (exact) mass is 276 g/mol. The second-order valence-corrected chi connectivity index (χ2v) is 5.52. The summed E-state index contributed by atoms with van der Waals surface area (Å²) in [7, 11) is 0. The zero-order valence-electron chi connectivity index (χ0n) is 10.5. The van der Waals surface area contributed by atoms with E-state index in [1.54, 1.807) is 11.3 Å². The number of anilines is 1. The van der Waals surface area contributed by atoms with E-state index in [0.29, 0.717) is 12.5 Å². The van der Waals surface area contributed by atoms with E-state index in [0.717, 1.165) is 30.9 Å². The molecule has 1 aliphatic heterocycles. The minimum Gasteiger partial charge on any atom is -0.338 e. The molecule has 0 unspecified atom stereocenters. The SMILES string of the molecule is O=C(NC[C@@H]1CCn2ccnc2C1)Nc1ccsc1. The average Bonchev–Trinajstić information content (AvgIpc) is 3.06. The quantitative estimate of drug-likeness (QED) is 0.904. The fourth-order valence-corrected chi connectivity index (χ4v) is 2.93. The van der Waals surface area contributed by atoms with Crippen LogP contribution in [0.15, 0.2) is 29.2 Å². The van der Waals surface area contributed by atoms with Gasteiger partial charge in [-0.15, -0.1) is 0 Å². The van der Waals surface area contributed by atoms with Gasteiger partial charge in [0.2, 0.25) is 0 Å². The Kier molecular flexibility index (Phi) is 3.50. The Labute approximate surface area is 115 Å². The van der Waals surface area contributed by atoms with Crippen molar-refractivity contribution in [1.29, 1.82) is 0 Å². The molecule has 6 heteroatoms. The van der Waals surface area contributed by atoms with Gasteiger partial charge in [0.1, 0.15) is 5.82 Å². The second-order valence-electron chi connectivity index (χ2n) is 4.74. The molecule has 0 bridgehead atoms. The third kappa shape index (κ3) is 2.96. The number of aromatic nitrogens is 2. The molecule has 0 saturated heterocycles. The number of rotatable bonds is 3. The first-order valence-electron chi connectivity index (χ1n) is 6.38. The summed E-state index contributed by atoms with van der Waals surface area (Å²) in [6.45, 7) is 1.69. The number of thiophene rings is 1. The normalized spacial score (nSPS) is 17.8. The fraction of sp³-hybridized carbons (Fsp3) is 0.385. The summed E-state index contributed by atoms with van der Waals surface area (Å²) in [5.74, 6) is 1.60. The molecule has 0 aromatic carbocycles. The highest BCUT2D eigenvalue weighted by Crippen LogP contribution is 2.18. The molecule has 0 radical (unpaired) electrons. The van der Waals surface area contributed by atoms with E-state index in [9.17, 15) is 4.79 Å². The van der Waals surface area contributed by atoms with Crippen LogP contribution in [0, 0.1) is 5.92 Å². The van der Waals surface area contributed by atoms with Gasteiger partial charge in [-0.25, -0.2) is 9.78 Å². The van der Waals surface area contributed by atoms with Crippen LogP contribution in [0.3, 0.4) is 0 Å². The van der Waals surface area contributed by atoms with Crippen LogP contribution in [0.25, 0.3) is 0 Å². The maximum atomic E-state index is 11.7. The van der Waals surface area contributed by atoms with Gasteiger partial charge >= 0.3 is 6.03 Å². The number of nitrogens with one attached hydrogen (secondary N) is 2. The summed E-state index contributed by atoms with van der Waals surface area (Å²) < 4.78 is 2.18. The third-order valence-corrected chi connectivity index (χ3v) is 4.06. The number of hydrogen-bond donors (Lipinski definition) is 2. The largest absolute Gasteiger partial charge is 0.338 e. The highest BCUT2D eigenvalue weighted by molar-refractivity contribution is 7.08. The standard InChI is InChI=1S/C13H16N4OS/c18-13(16-11-2-6-19-9-11)15-8-10-1-4-17-5-3-14-12(17)7-10/h2-3,5-6,9-10H,1,4,7-8H2,(H2,15,16,18)/t10-/m1/s1. The van der Waals surface area contributed by atoms with Gasteiger partial charge in [-0.2, -0.15) is 11.3 Å². The van der Waals surface area contributed by atoms with Gasteiger partial charge in [-0.3, -0.25) is 0 Å². The number of carbonyl (C=O) groups is 1. The van der Waals surface area contributed by atoms with Crippen molar-refractivity contribution in [3.05, 3.63) is 35.0 Å². The molecule has 0 aliphatic carbocycles. The number of carbonyl (C=O) groups excluding carboxylic acids is 1. The molecule has 3 heterocycles. The van der Waals surface area contributed by atoms with Gasteiger partial charge < -0.3 is 15.2 Å². The van der Waals surface area contributed by atoms with Gasteiger partial charge in [0.25, 0.3) is 0 Å². The van der Waals surface area contributed by atoms with E-state index in [4.69, 9.17) is 0 Å². The van der Waals surface area contributed by atoms with E-state index in [-0.39, 0.29) is 6.03 Å². The third-order valence-electron chi connectivity index (χ3n) is 3.38. The van der Waals surface area contributed by atoms with Crippen LogP contribution in [-0.4, -0.2) is 22.1 Å². The van der Waals surface area contributed by atoms with Crippen molar-refractivity contribution in [2.75, 3.05) is 11.9 Å². The average molecular weight is 276 g/mol. The molecule has 0 saturated carbocycles. The Morgan fingerprint density at radius 3 is 3.37 bits per heavy atom. The number of urea groups is 1. The maximum absolute atomic E-state index is 11.7. The summed E-state index contributed by atoms with van der Waals surface area (Å²) in [4.78, 5) is 16.0. The smallest absolute Gasteiger partial charge is 0.319 e. The van der Waals surface area contributed by atoms with Crippen molar-refractivity contribution >= 4 is 23.1 Å². The van der Waals surface area contributed by atoms with Crippen molar-refractivity contribution in [3.63, 3.8) is 0 Å². The Bertz CT molecular complexity index is 549. The minimum atomic E-state index is -0.132. The van der Waals surface area contributed by atoms with Gasteiger partial charge in [-0.1, -0.05) is 0 Å². The highest BCUT2D eigenvalue weighted by atomic mass is 32.1. The number of nitrogens with zero attached hydrogens (tertiary/aromatic N) is 2. The lowest BCUT2D eigenvalue weighted by Gasteiger charge is -2.23. The van der Waals surface area contributed by atoms with Crippen LogP contribution < -0.4 is 10.6 Å². The van der Waals surface area contributed by atoms with Crippen LogP contribution in [0.4, 0.5) is 10.5 Å². The molecule has 0 fully saturated rings. The zero-order chi connectivity index (χ0) is 13.1. The molecule has 1 aliphatic rings. The first-order chi connectivity index (χ1) is 9.31. The molecule has 2 N–H and O–H groups in total. The number of hydrogen-bond acceptors (Lipinski definition) is 3. The van der Waals surface area contributed by atoms with Crippen LogP contribution in [-0.2, 0) is 13.0 Å². The zero-order valence-corrected chi connectivity index (χ0v) is 11.3. The van der Waals surface area contributed by atoms with E-state index < -0.39 is 0 Å². The second kappa shape index (κ2) is 5.44. The molecule has 0 spiro atoms. The number of amides is 2. The minimum absolute atomic E-state index is 0.132. The topological polar surface area (TPSA) is 59.0 Å². The predicted molar refractivity (Wildman–Crippen MR) is 75.4 cm³/mol. The first-order valence-corrected chi connectivity index (χ1v) is 7.32. The number of aryl methyl sites for hydroxylation is 1. The van der Waals surface area contributed by atoms with Gasteiger partial charge in [0, 0.05) is 37.3 Å². The van der Waals surface area contributed by atoms with Crippen LogP contribution in [0.5, 0.6) is 0 Å². The molecule has 5 nitrogen and oxygen atoms in total. The Balaban J connectivity index is 1.47. The Hall–Kier alpha value is -1.82. The molecular formula is C13H16N4OS. The summed E-state index contributed by atoms with van der Waals surface area (Å²) in [5, 5.41) is 9.60. The highest BCUT2D eigenvalue weighted by Gasteiger charge is 2.19. The van der Waals surface area contributed by atoms with Crippen LogP contribution in [0.1, 0.15) is 12.2 Å². The molecular weight excluding hydrogens is 260 g/mol. The summed E-state index contributed by atoms with van der Waals surface area (Å²) in [6.07, 6.45) is 5.88. The summed E-state index contributed by atoms with van der Waals surface area (Å²) in [5.41, 5.74) is 0.849. The lowest BCUT2D eigenvalue weighted by molar-refractivity contribution is 0.248. The predicted octanol–water partition coefficient (Wildman–Crippen LogP) is 2.33. The summed E-state index contributed by atoms with van der Waals surface area (Å²) in [6, 6.07) is 1.76. The van der Waals surface area contributed by atoms with E-state index in [1.165, 1.54) is 0 Å². The van der Waals surface area contributed by atoms with Crippen molar-refractivity contribution in [2.45, 2.75) is 19.4 Å². The molecule has 2 amide bonds. The van der Waals surface area contributed by atoms with Gasteiger partial charge in [0.05, 0.1) is 5.69 Å². The van der Waals surface area contributed by atoms with Crippen LogP contribution >= 0.6 is 11.3 Å². The number of fused-ring (bicyclic) bond motifs is 1. The molecule has 100 valence electrons. The van der Waals surface area contributed by atoms with Gasteiger partial charge in [-0.05, 0) is 23.8 Å². The van der Waals surface area contributed by atoms with Crippen LogP contribution in [0.2, 0.25) is 0 Å². The van der Waals surface area contributed by atoms with E-state index in [1.807, 2.05) is 29.2 Å². The van der Waals surface area contributed by atoms with E-state index in [2.05, 4.69) is 20.2 Å². The van der Waals surface area contributed by atoms with Crippen molar-refractivity contribution in [2.24, 2.45) is 5.92 Å². The molecule has 2 aromatic heterocycles. The van der Waals surface area contributed by atoms with Gasteiger partial charge in [0.15, 0.2) is 0 Å². The lowest BCUT2D eigenvalue weighted by atomic mass is 9.98. The van der Waals surface area contributed by atoms with Crippen molar-refractivity contribution < 1.29 is 4.79 Å². The summed E-state index contributed by atoms with van der Waals surface area (Å²) >= 11 is 1.57. The first kappa shape index (κ1) is 12.2. The van der Waals surface area contributed by atoms with Crippen molar-refractivity contribution in [3.8, 4) is 0 Å². The molecule has 19 heavy (non-hydrogen) atoms. The molecule has 1 atom stereocenters. The Morgan fingerprint density at radius 1 is 1.58 bits per heavy atom. The lowest BCUT2D eigenvalue weighted by Crippen LogP contribution is -2.35. The van der Waals surface area contributed by atoms with Crippen molar-refractivity contribution in [1.82, 2.24) is 14.9 Å². The van der Waals surface area contributed by atoms with E-state index >= 15 is 0 Å². The Morgan fingerprint density at radius 2 is 2.53 bits per heavy atom. The fourth-order valence-electron chi connectivity index (χ4n) is 2.34.